The van der Waals surface area contributed by atoms with Crippen LogP contribution in [0.2, 0.25) is 0 Å². The maximum absolute atomic E-state index is 11.8. The maximum Gasteiger partial charge on any atom is 0.411 e. The van der Waals surface area contributed by atoms with E-state index in [0.29, 0.717) is 26.1 Å². The summed E-state index contributed by atoms with van der Waals surface area (Å²) in [5, 5.41) is 9.33. The van der Waals surface area contributed by atoms with Crippen LogP contribution in [-0.4, -0.2) is 44.3 Å². The lowest BCUT2D eigenvalue weighted by molar-refractivity contribution is -0.174. The Morgan fingerprint density at radius 1 is 1.35 bits per heavy atom. The quantitative estimate of drug-likeness (QED) is 0.740. The molecule has 0 radical (unpaired) electrons. The van der Waals surface area contributed by atoms with E-state index in [1.54, 1.807) is 0 Å². The maximum atomic E-state index is 11.8. The summed E-state index contributed by atoms with van der Waals surface area (Å²) in [7, 11) is 0. The van der Waals surface area contributed by atoms with Gasteiger partial charge in [-0.3, -0.25) is 0 Å². The normalized spacial score (nSPS) is 26.1. The van der Waals surface area contributed by atoms with Gasteiger partial charge in [-0.05, 0) is 25.7 Å². The summed E-state index contributed by atoms with van der Waals surface area (Å²) in [5.74, 6) is 0. The fraction of sp³-hybridized carbons (Fsp3) is 1.00. The molecule has 3 nitrogen and oxygen atoms in total. The van der Waals surface area contributed by atoms with E-state index in [-0.39, 0.29) is 18.6 Å². The minimum atomic E-state index is -4.26. The number of halogens is 3. The highest BCUT2D eigenvalue weighted by atomic mass is 19.4. The predicted octanol–water partition coefficient (Wildman–Crippen LogP) is 2.13. The summed E-state index contributed by atoms with van der Waals surface area (Å²) in [6.45, 7) is 0.0816. The van der Waals surface area contributed by atoms with Gasteiger partial charge in [-0.2, -0.15) is 13.2 Å². The monoisotopic (exact) mass is 256 g/mol. The molecule has 0 aromatic carbocycles. The molecule has 102 valence electrons. The van der Waals surface area contributed by atoms with Crippen molar-refractivity contribution in [2.45, 2.75) is 31.9 Å². The minimum Gasteiger partial charge on any atom is -0.396 e. The lowest BCUT2D eigenvalue weighted by Crippen LogP contribution is -2.35. The minimum absolute atomic E-state index is 0.0201. The Morgan fingerprint density at radius 2 is 2.12 bits per heavy atom. The Bertz CT molecular complexity index is 212. The second kappa shape index (κ2) is 6.56. The van der Waals surface area contributed by atoms with Crippen molar-refractivity contribution in [2.75, 3.05) is 33.0 Å². The predicted molar refractivity (Wildman–Crippen MR) is 55.7 cm³/mol. The van der Waals surface area contributed by atoms with Gasteiger partial charge in [-0.15, -0.1) is 0 Å². The first-order chi connectivity index (χ1) is 7.97. The summed E-state index contributed by atoms with van der Waals surface area (Å²) in [5.41, 5.74) is -0.278. The number of hydrogen-bond acceptors (Lipinski definition) is 3. The standard InChI is InChI=1S/C11H19F3O3/c12-11(13,14)9-17-6-2-4-10(7-15)3-1-5-16-8-10/h15H,1-9H2. The molecule has 0 bridgehead atoms. The fourth-order valence-corrected chi connectivity index (χ4v) is 2.05. The van der Waals surface area contributed by atoms with E-state index in [9.17, 15) is 18.3 Å². The van der Waals surface area contributed by atoms with Crippen LogP contribution in [0.4, 0.5) is 13.2 Å². The van der Waals surface area contributed by atoms with Gasteiger partial charge in [0.2, 0.25) is 0 Å². The fourth-order valence-electron chi connectivity index (χ4n) is 2.05. The smallest absolute Gasteiger partial charge is 0.396 e. The molecule has 1 fully saturated rings. The first-order valence-electron chi connectivity index (χ1n) is 5.81. The molecule has 1 N–H and O–H groups in total. The van der Waals surface area contributed by atoms with Gasteiger partial charge < -0.3 is 14.6 Å². The third kappa shape index (κ3) is 5.70. The second-order valence-corrected chi connectivity index (χ2v) is 4.59. The lowest BCUT2D eigenvalue weighted by Gasteiger charge is -2.35. The molecule has 0 aromatic heterocycles. The molecule has 1 unspecified atom stereocenters. The molecule has 0 aliphatic carbocycles. The van der Waals surface area contributed by atoms with Crippen LogP contribution in [0.25, 0.3) is 0 Å². The van der Waals surface area contributed by atoms with Crippen molar-refractivity contribution in [3.05, 3.63) is 0 Å². The molecular formula is C11H19F3O3. The molecule has 17 heavy (non-hydrogen) atoms. The van der Waals surface area contributed by atoms with Gasteiger partial charge in [0, 0.05) is 18.6 Å². The van der Waals surface area contributed by atoms with E-state index >= 15 is 0 Å². The summed E-state index contributed by atoms with van der Waals surface area (Å²) in [6.07, 6.45) is -1.35. The number of rotatable bonds is 6. The van der Waals surface area contributed by atoms with Gasteiger partial charge in [-0.1, -0.05) is 0 Å². The highest BCUT2D eigenvalue weighted by molar-refractivity contribution is 4.81. The van der Waals surface area contributed by atoms with Crippen molar-refractivity contribution >= 4 is 0 Å². The van der Waals surface area contributed by atoms with Crippen LogP contribution < -0.4 is 0 Å². The molecule has 0 spiro atoms. The molecule has 0 saturated carbocycles. The Kier molecular flexibility index (Phi) is 5.69. The van der Waals surface area contributed by atoms with E-state index in [2.05, 4.69) is 4.74 Å². The van der Waals surface area contributed by atoms with Gasteiger partial charge in [0.25, 0.3) is 0 Å². The topological polar surface area (TPSA) is 38.7 Å². The zero-order valence-electron chi connectivity index (χ0n) is 9.76. The first kappa shape index (κ1) is 14.7. The third-order valence-corrected chi connectivity index (χ3v) is 3.00. The SMILES string of the molecule is OCC1(CCCOCC(F)(F)F)CCCOC1. The highest BCUT2D eigenvalue weighted by Crippen LogP contribution is 2.32. The van der Waals surface area contributed by atoms with Gasteiger partial charge in [0.1, 0.15) is 6.61 Å². The van der Waals surface area contributed by atoms with Crippen molar-refractivity contribution in [1.82, 2.24) is 0 Å². The van der Waals surface area contributed by atoms with Crippen molar-refractivity contribution in [3.8, 4) is 0 Å². The van der Waals surface area contributed by atoms with Crippen molar-refractivity contribution in [3.63, 3.8) is 0 Å². The number of alkyl halides is 3. The summed E-state index contributed by atoms with van der Waals surface area (Å²) >= 11 is 0. The van der Waals surface area contributed by atoms with Crippen LogP contribution in [0.15, 0.2) is 0 Å². The molecule has 1 heterocycles. The average molecular weight is 256 g/mol. The van der Waals surface area contributed by atoms with Crippen molar-refractivity contribution in [1.29, 1.82) is 0 Å². The van der Waals surface area contributed by atoms with Crippen molar-refractivity contribution in [2.24, 2.45) is 5.41 Å². The molecule has 1 saturated heterocycles. The summed E-state index contributed by atoms with van der Waals surface area (Å²) in [4.78, 5) is 0. The number of ether oxygens (including phenoxy) is 2. The first-order valence-corrected chi connectivity index (χ1v) is 5.81. The third-order valence-electron chi connectivity index (χ3n) is 3.00. The molecule has 0 aromatic rings. The summed E-state index contributed by atoms with van der Waals surface area (Å²) < 4.78 is 45.2. The number of hydrogen-bond donors (Lipinski definition) is 1. The highest BCUT2D eigenvalue weighted by Gasteiger charge is 2.32. The molecular weight excluding hydrogens is 237 g/mol. The van der Waals surface area contributed by atoms with E-state index in [4.69, 9.17) is 4.74 Å². The van der Waals surface area contributed by atoms with Crippen LogP contribution in [0.1, 0.15) is 25.7 Å². The van der Waals surface area contributed by atoms with Gasteiger partial charge >= 0.3 is 6.18 Å². The molecule has 1 rings (SSSR count). The zero-order chi connectivity index (χ0) is 12.8. The van der Waals surface area contributed by atoms with Crippen LogP contribution in [0.5, 0.6) is 0 Å². The molecule has 6 heteroatoms. The van der Waals surface area contributed by atoms with E-state index < -0.39 is 12.8 Å². The largest absolute Gasteiger partial charge is 0.411 e. The lowest BCUT2D eigenvalue weighted by atomic mass is 9.79. The van der Waals surface area contributed by atoms with Crippen LogP contribution >= 0.6 is 0 Å². The average Bonchev–Trinajstić information content (AvgIpc) is 2.28. The Hall–Kier alpha value is -0.330. The number of aliphatic hydroxyl groups excluding tert-OH is 1. The van der Waals surface area contributed by atoms with Gasteiger partial charge in [-0.25, -0.2) is 0 Å². The molecule has 1 aliphatic heterocycles. The Balaban J connectivity index is 2.15. The van der Waals surface area contributed by atoms with E-state index in [1.807, 2.05) is 0 Å². The summed E-state index contributed by atoms with van der Waals surface area (Å²) in [6, 6.07) is 0. The second-order valence-electron chi connectivity index (χ2n) is 4.59. The Morgan fingerprint density at radius 3 is 2.65 bits per heavy atom. The molecule has 1 atom stereocenters. The van der Waals surface area contributed by atoms with Gasteiger partial charge in [0.05, 0.1) is 13.2 Å². The Labute approximate surface area is 98.9 Å². The van der Waals surface area contributed by atoms with E-state index in [0.717, 1.165) is 12.8 Å². The van der Waals surface area contributed by atoms with Crippen LogP contribution in [0, 0.1) is 5.41 Å². The van der Waals surface area contributed by atoms with Crippen LogP contribution in [0.3, 0.4) is 0 Å². The van der Waals surface area contributed by atoms with Crippen LogP contribution in [-0.2, 0) is 9.47 Å². The van der Waals surface area contributed by atoms with E-state index in [1.165, 1.54) is 0 Å². The van der Waals surface area contributed by atoms with Gasteiger partial charge in [0.15, 0.2) is 0 Å². The molecule has 1 aliphatic rings. The zero-order valence-corrected chi connectivity index (χ0v) is 9.76. The molecule has 0 amide bonds. The number of aliphatic hydroxyl groups is 1. The van der Waals surface area contributed by atoms with Crippen molar-refractivity contribution < 1.29 is 27.8 Å².